The fourth-order valence-corrected chi connectivity index (χ4v) is 3.10. The lowest BCUT2D eigenvalue weighted by Gasteiger charge is -2.29. The van der Waals surface area contributed by atoms with Crippen LogP contribution in [0.15, 0.2) is 73.1 Å². The van der Waals surface area contributed by atoms with Crippen molar-refractivity contribution in [2.45, 2.75) is 13.0 Å². The molecule has 2 heterocycles. The second kappa shape index (κ2) is 6.24. The molecule has 2 aromatic carbocycles. The summed E-state index contributed by atoms with van der Waals surface area (Å²) in [5.41, 5.74) is 4.47. The van der Waals surface area contributed by atoms with Gasteiger partial charge in [0.25, 0.3) is 0 Å². The Morgan fingerprint density at radius 2 is 1.58 bits per heavy atom. The molecule has 4 nitrogen and oxygen atoms in total. The van der Waals surface area contributed by atoms with Crippen LogP contribution in [0.5, 0.6) is 0 Å². The molecule has 24 heavy (non-hydrogen) atoms. The zero-order valence-electron chi connectivity index (χ0n) is 13.4. The van der Waals surface area contributed by atoms with Crippen LogP contribution in [-0.4, -0.2) is 22.0 Å². The first kappa shape index (κ1) is 14.6. The van der Waals surface area contributed by atoms with Crippen LogP contribution < -0.4 is 5.32 Å². The second-order valence-electron chi connectivity index (χ2n) is 6.01. The third-order valence-electron chi connectivity index (χ3n) is 4.44. The predicted octanol–water partition coefficient (Wildman–Crippen LogP) is 4.07. The van der Waals surface area contributed by atoms with E-state index in [2.05, 4.69) is 23.5 Å². The van der Waals surface area contributed by atoms with Gasteiger partial charge < -0.3 is 14.8 Å². The average Bonchev–Trinajstić information content (AvgIpc) is 3.16. The number of nitrogens with zero attached hydrogens (tertiary/aromatic N) is 2. The number of hydrogen-bond acceptors (Lipinski definition) is 1. The summed E-state index contributed by atoms with van der Waals surface area (Å²) in [6, 6.07) is 20.1. The summed E-state index contributed by atoms with van der Waals surface area (Å²) in [7, 11) is 0. The Bertz CT molecular complexity index is 838. The molecular weight excluding hydrogens is 298 g/mol. The van der Waals surface area contributed by atoms with Crippen molar-refractivity contribution in [1.29, 1.82) is 0 Å². The van der Waals surface area contributed by atoms with E-state index in [4.69, 9.17) is 0 Å². The highest BCUT2D eigenvalue weighted by Gasteiger charge is 2.20. The number of anilines is 1. The van der Waals surface area contributed by atoms with Gasteiger partial charge >= 0.3 is 6.03 Å². The molecule has 2 amide bonds. The summed E-state index contributed by atoms with van der Waals surface area (Å²) in [6.45, 7) is 1.42. The number of nitrogens with one attached hydrogen (secondary N) is 1. The Labute approximate surface area is 141 Å². The third kappa shape index (κ3) is 2.91. The normalized spacial score (nSPS) is 13.4. The van der Waals surface area contributed by atoms with Gasteiger partial charge in [0.15, 0.2) is 0 Å². The summed E-state index contributed by atoms with van der Waals surface area (Å²) in [5.74, 6) is 0. The highest BCUT2D eigenvalue weighted by molar-refractivity contribution is 5.89. The van der Waals surface area contributed by atoms with E-state index in [-0.39, 0.29) is 6.03 Å². The van der Waals surface area contributed by atoms with Gasteiger partial charge in [0.2, 0.25) is 0 Å². The highest BCUT2D eigenvalue weighted by Crippen LogP contribution is 2.20. The Kier molecular flexibility index (Phi) is 3.79. The van der Waals surface area contributed by atoms with Gasteiger partial charge in [0.1, 0.15) is 0 Å². The fraction of sp³-hybridized carbons (Fsp3) is 0.150. The van der Waals surface area contributed by atoms with Crippen molar-refractivity contribution < 1.29 is 4.79 Å². The maximum absolute atomic E-state index is 12.5. The highest BCUT2D eigenvalue weighted by atomic mass is 16.2. The lowest BCUT2D eigenvalue weighted by Crippen LogP contribution is -2.38. The quantitative estimate of drug-likeness (QED) is 0.760. The monoisotopic (exact) mass is 317 g/mol. The molecule has 0 atom stereocenters. The van der Waals surface area contributed by atoms with Gasteiger partial charge in [-0.05, 0) is 53.9 Å². The number of rotatable bonds is 2. The fourth-order valence-electron chi connectivity index (χ4n) is 3.10. The van der Waals surface area contributed by atoms with Crippen molar-refractivity contribution in [1.82, 2.24) is 9.47 Å². The Balaban J connectivity index is 1.43. The molecule has 4 rings (SSSR count). The minimum absolute atomic E-state index is 0.0433. The molecular formula is C20H19N3O. The topological polar surface area (TPSA) is 37.3 Å². The van der Waals surface area contributed by atoms with E-state index in [0.717, 1.165) is 24.3 Å². The third-order valence-corrected chi connectivity index (χ3v) is 4.44. The molecule has 0 saturated carbocycles. The molecule has 0 unspecified atom stereocenters. The summed E-state index contributed by atoms with van der Waals surface area (Å²) in [6.07, 6.45) is 4.91. The van der Waals surface area contributed by atoms with Crippen molar-refractivity contribution in [3.8, 4) is 5.69 Å². The lowest BCUT2D eigenvalue weighted by molar-refractivity contribution is 0.206. The van der Waals surface area contributed by atoms with Crippen molar-refractivity contribution in [2.24, 2.45) is 0 Å². The maximum Gasteiger partial charge on any atom is 0.322 e. The first-order valence-corrected chi connectivity index (χ1v) is 8.16. The average molecular weight is 317 g/mol. The summed E-state index contributed by atoms with van der Waals surface area (Å²) in [4.78, 5) is 14.4. The number of urea groups is 1. The van der Waals surface area contributed by atoms with Gasteiger partial charge in [-0.25, -0.2) is 4.79 Å². The van der Waals surface area contributed by atoms with E-state index in [9.17, 15) is 4.79 Å². The molecule has 0 saturated heterocycles. The molecule has 120 valence electrons. The summed E-state index contributed by atoms with van der Waals surface area (Å²) in [5, 5.41) is 2.99. The minimum Gasteiger partial charge on any atom is -0.324 e. The van der Waals surface area contributed by atoms with Crippen molar-refractivity contribution in [3.05, 3.63) is 84.2 Å². The summed E-state index contributed by atoms with van der Waals surface area (Å²) < 4.78 is 2.03. The van der Waals surface area contributed by atoms with Gasteiger partial charge in [-0.1, -0.05) is 24.3 Å². The van der Waals surface area contributed by atoms with Gasteiger partial charge in [-0.2, -0.15) is 0 Å². The van der Waals surface area contributed by atoms with Gasteiger partial charge in [0, 0.05) is 36.9 Å². The number of fused-ring (bicyclic) bond motifs is 1. The first-order valence-electron chi connectivity index (χ1n) is 8.16. The molecule has 0 radical (unpaired) electrons. The number of amides is 2. The van der Waals surface area contributed by atoms with E-state index < -0.39 is 0 Å². The van der Waals surface area contributed by atoms with Crippen LogP contribution in [0.1, 0.15) is 11.1 Å². The zero-order valence-corrected chi connectivity index (χ0v) is 13.4. The van der Waals surface area contributed by atoms with Crippen LogP contribution in [0, 0.1) is 0 Å². The van der Waals surface area contributed by atoms with E-state index in [1.54, 1.807) is 0 Å². The van der Waals surface area contributed by atoms with Crippen LogP contribution in [0.4, 0.5) is 10.5 Å². The molecule has 3 aromatic rings. The molecule has 0 aliphatic carbocycles. The maximum atomic E-state index is 12.5. The number of carbonyl (C=O) groups is 1. The van der Waals surface area contributed by atoms with E-state index >= 15 is 0 Å². The number of carbonyl (C=O) groups excluding carboxylic acids is 1. The Morgan fingerprint density at radius 3 is 2.33 bits per heavy atom. The smallest absolute Gasteiger partial charge is 0.322 e. The number of hydrogen-bond donors (Lipinski definition) is 1. The van der Waals surface area contributed by atoms with Gasteiger partial charge in [0.05, 0.1) is 0 Å². The second-order valence-corrected chi connectivity index (χ2v) is 6.01. The largest absolute Gasteiger partial charge is 0.324 e. The van der Waals surface area contributed by atoms with Crippen LogP contribution in [0.2, 0.25) is 0 Å². The van der Waals surface area contributed by atoms with Crippen LogP contribution in [0.3, 0.4) is 0 Å². The number of aromatic nitrogens is 1. The van der Waals surface area contributed by atoms with Crippen LogP contribution >= 0.6 is 0 Å². The molecule has 1 N–H and O–H groups in total. The molecule has 1 aliphatic heterocycles. The Hall–Kier alpha value is -3.01. The predicted molar refractivity (Wildman–Crippen MR) is 95.3 cm³/mol. The number of benzene rings is 2. The van der Waals surface area contributed by atoms with Crippen molar-refractivity contribution >= 4 is 11.7 Å². The standard InChI is InChI=1S/C20H19N3O/c24-20(23-14-11-16-5-1-2-6-17(16)15-23)21-18-7-9-19(10-8-18)22-12-3-4-13-22/h1-10,12-13H,11,14-15H2,(H,21,24). The SMILES string of the molecule is O=C(Nc1ccc(-n2cccc2)cc1)N1CCc2ccccc2C1. The molecule has 1 aromatic heterocycles. The summed E-state index contributed by atoms with van der Waals surface area (Å²) >= 11 is 0. The van der Waals surface area contributed by atoms with E-state index in [0.29, 0.717) is 6.54 Å². The Morgan fingerprint density at radius 1 is 0.875 bits per heavy atom. The molecule has 0 fully saturated rings. The van der Waals surface area contributed by atoms with Crippen LogP contribution in [-0.2, 0) is 13.0 Å². The molecule has 4 heteroatoms. The minimum atomic E-state index is -0.0433. The van der Waals surface area contributed by atoms with Gasteiger partial charge in [-0.15, -0.1) is 0 Å². The zero-order chi connectivity index (χ0) is 16.4. The van der Waals surface area contributed by atoms with Gasteiger partial charge in [-0.3, -0.25) is 0 Å². The van der Waals surface area contributed by atoms with Crippen LogP contribution in [0.25, 0.3) is 5.69 Å². The lowest BCUT2D eigenvalue weighted by atomic mass is 10.0. The van der Waals surface area contributed by atoms with Crippen molar-refractivity contribution in [3.63, 3.8) is 0 Å². The molecule has 1 aliphatic rings. The van der Waals surface area contributed by atoms with E-state index in [1.807, 2.05) is 64.3 Å². The molecule has 0 spiro atoms. The van der Waals surface area contributed by atoms with E-state index in [1.165, 1.54) is 11.1 Å². The van der Waals surface area contributed by atoms with Crippen molar-refractivity contribution in [2.75, 3.05) is 11.9 Å². The first-order chi connectivity index (χ1) is 11.8. The molecule has 0 bridgehead atoms.